The number of pyridine rings is 2. The maximum Gasteiger partial charge on any atom is 0.153 e. The van der Waals surface area contributed by atoms with Gasteiger partial charge in [-0.1, -0.05) is 90.2 Å². The maximum atomic E-state index is 14.4. The van der Waals surface area contributed by atoms with Gasteiger partial charge in [0.25, 0.3) is 0 Å². The zero-order valence-electron chi connectivity index (χ0n) is 21.0. The van der Waals surface area contributed by atoms with Crippen LogP contribution in [-0.4, -0.2) is 9.97 Å². The fourth-order valence-electron chi connectivity index (χ4n) is 4.12. The Labute approximate surface area is 243 Å². The van der Waals surface area contributed by atoms with Gasteiger partial charge in [-0.05, 0) is 23.5 Å². The minimum Gasteiger partial charge on any atom is -0.310 e. The molecule has 3 nitrogen and oxygen atoms in total. The van der Waals surface area contributed by atoms with E-state index in [-0.39, 0.29) is 20.1 Å². The first-order valence-electron chi connectivity index (χ1n) is 12.3. The van der Waals surface area contributed by atoms with E-state index >= 15 is 0 Å². The van der Waals surface area contributed by atoms with Gasteiger partial charge in [-0.2, -0.15) is 0 Å². The molecule has 5 heteroatoms. The fraction of sp³-hybridized carbons (Fsp3) is 0. The van der Waals surface area contributed by atoms with E-state index in [4.69, 9.17) is 0 Å². The second-order valence-corrected chi connectivity index (χ2v) is 11.2. The van der Waals surface area contributed by atoms with Crippen LogP contribution >= 0.6 is 7.14 Å². The van der Waals surface area contributed by atoms with Gasteiger partial charge in [0, 0.05) is 43.1 Å². The van der Waals surface area contributed by atoms with Crippen LogP contribution in [0.5, 0.6) is 0 Å². The van der Waals surface area contributed by atoms with Crippen molar-refractivity contribution in [1.82, 2.24) is 9.97 Å². The molecule has 1 radical (unpaired) electrons. The monoisotopic (exact) mass is 701 g/mol. The average molecular weight is 701 g/mol. The van der Waals surface area contributed by atoms with Crippen molar-refractivity contribution in [3.05, 3.63) is 164 Å². The van der Waals surface area contributed by atoms with Gasteiger partial charge in [0.2, 0.25) is 0 Å². The molecule has 0 aliphatic carbocycles. The molecule has 0 N–H and O–H groups in total. The summed E-state index contributed by atoms with van der Waals surface area (Å²) in [5.74, 6) is 0. The molecule has 193 valence electrons. The Morgan fingerprint density at radius 3 is 1.51 bits per heavy atom. The molecule has 0 aliphatic heterocycles. The van der Waals surface area contributed by atoms with Gasteiger partial charge >= 0.3 is 0 Å². The molecular formula is C34H25IrN2OP-2. The molecule has 0 amide bonds. The molecule has 0 saturated carbocycles. The Balaban J connectivity index is 0.000000228. The molecule has 0 bridgehead atoms. The van der Waals surface area contributed by atoms with Crippen molar-refractivity contribution in [3.63, 3.8) is 0 Å². The number of hydrogen-bond acceptors (Lipinski definition) is 3. The molecule has 0 spiro atoms. The third-order valence-electron chi connectivity index (χ3n) is 5.98. The maximum absolute atomic E-state index is 14.4. The number of aromatic nitrogens is 2. The van der Waals surface area contributed by atoms with Gasteiger partial charge in [0.05, 0.1) is 0 Å². The molecular weight excluding hydrogens is 676 g/mol. The molecule has 39 heavy (non-hydrogen) atoms. The number of nitrogens with zero attached hydrogens (tertiary/aromatic N) is 2. The Kier molecular flexibility index (Phi) is 9.89. The molecule has 4 aromatic carbocycles. The number of rotatable bonds is 5. The molecule has 0 aliphatic rings. The normalized spacial score (nSPS) is 10.5. The summed E-state index contributed by atoms with van der Waals surface area (Å²) in [6, 6.07) is 50.8. The van der Waals surface area contributed by atoms with Crippen molar-refractivity contribution in [2.24, 2.45) is 0 Å². The van der Waals surface area contributed by atoms with Crippen LogP contribution in [-0.2, 0) is 24.7 Å². The molecule has 0 atom stereocenters. The van der Waals surface area contributed by atoms with Crippen LogP contribution in [0.1, 0.15) is 0 Å². The van der Waals surface area contributed by atoms with Crippen LogP contribution in [0.4, 0.5) is 0 Å². The first kappa shape index (κ1) is 28.1. The van der Waals surface area contributed by atoms with Crippen LogP contribution in [0.15, 0.2) is 152 Å². The second-order valence-electron chi connectivity index (χ2n) is 8.45. The van der Waals surface area contributed by atoms with Crippen molar-refractivity contribution < 1.29 is 24.7 Å². The summed E-state index contributed by atoms with van der Waals surface area (Å²) >= 11 is 0. The summed E-state index contributed by atoms with van der Waals surface area (Å²) in [7, 11) is -2.97. The zero-order chi connectivity index (χ0) is 26.0. The Morgan fingerprint density at radius 1 is 0.487 bits per heavy atom. The summed E-state index contributed by atoms with van der Waals surface area (Å²) in [5, 5.41) is 2.43. The van der Waals surface area contributed by atoms with E-state index in [1.54, 1.807) is 12.4 Å². The predicted molar refractivity (Wildman–Crippen MR) is 156 cm³/mol. The topological polar surface area (TPSA) is 42.9 Å². The van der Waals surface area contributed by atoms with Gasteiger partial charge in [-0.25, -0.2) is 0 Å². The van der Waals surface area contributed by atoms with Crippen molar-refractivity contribution in [2.45, 2.75) is 0 Å². The van der Waals surface area contributed by atoms with Gasteiger partial charge in [0.1, 0.15) is 0 Å². The molecule has 6 aromatic rings. The Hall–Kier alpha value is -3.94. The Morgan fingerprint density at radius 2 is 1.00 bits per heavy atom. The van der Waals surface area contributed by atoms with E-state index in [1.807, 2.05) is 140 Å². The largest absolute Gasteiger partial charge is 0.310 e. The first-order valence-corrected chi connectivity index (χ1v) is 14.0. The Bertz CT molecular complexity index is 1530. The standard InChI is InChI=1S/C23H17NOP.C11H8N.Ir/c25-26(20-11-3-1-4-12-20,21-13-5-2-6-14-21)22-15-9-10-19(18-22)23-16-7-8-17-24-23;1-2-6-10(7-3-1)11-8-4-5-9-12-11;/h1-9,11-18H;1-6,8-9H;/q2*-1;. The van der Waals surface area contributed by atoms with Crippen LogP contribution in [0, 0.1) is 12.1 Å². The van der Waals surface area contributed by atoms with Gasteiger partial charge in [-0.3, -0.25) is 0 Å². The SMILES string of the molecule is O=P(c1ccccc1)(c1ccccc1)c1cc[c-]c(-c2ccccn2)c1.[Ir].[c-]1ccccc1-c1ccccn1. The van der Waals surface area contributed by atoms with Gasteiger partial charge in [0.15, 0.2) is 7.14 Å². The smallest absolute Gasteiger partial charge is 0.153 e. The predicted octanol–water partition coefficient (Wildman–Crippen LogP) is 6.73. The average Bonchev–Trinajstić information content (AvgIpc) is 3.03. The molecule has 2 aromatic heterocycles. The van der Waals surface area contributed by atoms with E-state index < -0.39 is 7.14 Å². The van der Waals surface area contributed by atoms with E-state index in [0.29, 0.717) is 0 Å². The summed E-state index contributed by atoms with van der Waals surface area (Å²) in [6.45, 7) is 0. The zero-order valence-corrected chi connectivity index (χ0v) is 24.3. The number of hydrogen-bond donors (Lipinski definition) is 0. The molecule has 0 saturated heterocycles. The number of benzene rings is 4. The van der Waals surface area contributed by atoms with Gasteiger partial charge < -0.3 is 14.5 Å². The van der Waals surface area contributed by atoms with Crippen LogP contribution in [0.2, 0.25) is 0 Å². The van der Waals surface area contributed by atoms with Crippen LogP contribution < -0.4 is 15.9 Å². The summed E-state index contributed by atoms with van der Waals surface area (Å²) in [6.07, 6.45) is 3.54. The fourth-order valence-corrected chi connectivity index (χ4v) is 6.79. The molecule has 0 unspecified atom stereocenters. The van der Waals surface area contributed by atoms with E-state index in [2.05, 4.69) is 22.1 Å². The molecule has 6 rings (SSSR count). The third-order valence-corrected chi connectivity index (χ3v) is 9.04. The van der Waals surface area contributed by atoms with Crippen molar-refractivity contribution in [2.75, 3.05) is 0 Å². The van der Waals surface area contributed by atoms with Gasteiger partial charge in [-0.15, -0.1) is 65.7 Å². The molecule has 0 fully saturated rings. The van der Waals surface area contributed by atoms with E-state index in [1.165, 1.54) is 0 Å². The quantitative estimate of drug-likeness (QED) is 0.148. The molecule has 2 heterocycles. The van der Waals surface area contributed by atoms with Crippen molar-refractivity contribution in [1.29, 1.82) is 0 Å². The van der Waals surface area contributed by atoms with Crippen LogP contribution in [0.3, 0.4) is 0 Å². The van der Waals surface area contributed by atoms with Crippen molar-refractivity contribution in [3.8, 4) is 22.5 Å². The second kappa shape index (κ2) is 13.7. The first-order chi connectivity index (χ1) is 18.7. The van der Waals surface area contributed by atoms with E-state index in [9.17, 15) is 4.57 Å². The minimum atomic E-state index is -2.97. The van der Waals surface area contributed by atoms with E-state index in [0.717, 1.165) is 38.4 Å². The summed E-state index contributed by atoms with van der Waals surface area (Å²) in [4.78, 5) is 8.61. The van der Waals surface area contributed by atoms with Crippen molar-refractivity contribution >= 4 is 23.1 Å². The summed E-state index contributed by atoms with van der Waals surface area (Å²) < 4.78 is 14.4. The third kappa shape index (κ3) is 6.74. The minimum absolute atomic E-state index is 0. The summed E-state index contributed by atoms with van der Waals surface area (Å²) in [5.41, 5.74) is 3.67. The van der Waals surface area contributed by atoms with Crippen LogP contribution in [0.25, 0.3) is 22.5 Å².